The molecule has 200 valence electrons. The molecule has 0 amide bonds. The lowest BCUT2D eigenvalue weighted by Crippen LogP contribution is -2.40. The first-order chi connectivity index (χ1) is 19.6. The zero-order chi connectivity index (χ0) is 28.1. The first kappa shape index (κ1) is 26.7. The van der Waals surface area contributed by atoms with E-state index in [4.69, 9.17) is 25.6 Å². The minimum atomic E-state index is -0.740. The van der Waals surface area contributed by atoms with Gasteiger partial charge in [0.25, 0.3) is 5.56 Å². The predicted octanol–water partition coefficient (Wildman–Crippen LogP) is 3.96. The Bertz CT molecular complexity index is 1800. The second-order valence-corrected chi connectivity index (χ2v) is 9.72. The van der Waals surface area contributed by atoms with E-state index in [9.17, 15) is 9.59 Å². The Morgan fingerprint density at radius 3 is 2.48 bits per heavy atom. The van der Waals surface area contributed by atoms with Gasteiger partial charge in [0.2, 0.25) is 0 Å². The Kier molecular flexibility index (Phi) is 7.94. The van der Waals surface area contributed by atoms with Crippen LogP contribution < -0.4 is 24.4 Å². The number of fused-ring (bicyclic) bond motifs is 1. The zero-order valence-corrected chi connectivity index (χ0v) is 22.8. The highest BCUT2D eigenvalue weighted by molar-refractivity contribution is 7.07. The van der Waals surface area contributed by atoms with E-state index in [0.29, 0.717) is 37.7 Å². The summed E-state index contributed by atoms with van der Waals surface area (Å²) in [4.78, 5) is 32.9. The first-order valence-electron chi connectivity index (χ1n) is 12.6. The van der Waals surface area contributed by atoms with E-state index >= 15 is 0 Å². The molecular formula is C32H26N2O5S. The van der Waals surface area contributed by atoms with Crippen LogP contribution in [0.25, 0.3) is 11.8 Å². The molecule has 0 radical (unpaired) electrons. The molecule has 0 bridgehead atoms. The van der Waals surface area contributed by atoms with Gasteiger partial charge in [-0.2, -0.15) is 0 Å². The molecule has 5 rings (SSSR count). The first-order valence-corrected chi connectivity index (χ1v) is 13.5. The minimum absolute atomic E-state index is 0.0415. The van der Waals surface area contributed by atoms with E-state index in [0.717, 1.165) is 11.1 Å². The van der Waals surface area contributed by atoms with E-state index in [-0.39, 0.29) is 18.8 Å². The summed E-state index contributed by atoms with van der Waals surface area (Å²) in [5.74, 6) is 2.87. The topological polar surface area (TPSA) is 79.1 Å². The standard InChI is InChI=1S/C32H26N2O5S/c1-4-19-39-29-23(17-12-18-24(29)37-3)20-25-30(35)34-28(22-15-10-7-11-16-22)26(31(36)38-5-2)27(33-32(34)40-25)21-13-8-6-9-14-21/h1,6-18,20,28H,5,19H2,2-3H3/b25-20-/t28-/m1/s1. The van der Waals surface area contributed by atoms with Crippen molar-refractivity contribution in [2.45, 2.75) is 13.0 Å². The van der Waals surface area contributed by atoms with Gasteiger partial charge in [0.1, 0.15) is 6.61 Å². The number of carbonyl (C=O) groups excluding carboxylic acids is 1. The molecule has 0 unspecified atom stereocenters. The molecule has 7 nitrogen and oxygen atoms in total. The second-order valence-electron chi connectivity index (χ2n) is 8.71. The summed E-state index contributed by atoms with van der Waals surface area (Å²) in [6.07, 6.45) is 7.15. The number of thiazole rings is 1. The number of benzene rings is 3. The molecule has 8 heteroatoms. The molecule has 0 aliphatic carbocycles. The maximum Gasteiger partial charge on any atom is 0.338 e. The molecule has 1 atom stereocenters. The van der Waals surface area contributed by atoms with Crippen molar-refractivity contribution in [1.82, 2.24) is 4.57 Å². The second kappa shape index (κ2) is 11.9. The van der Waals surface area contributed by atoms with E-state index in [1.54, 1.807) is 23.6 Å². The van der Waals surface area contributed by atoms with Crippen LogP contribution in [0.4, 0.5) is 0 Å². The molecule has 2 heterocycles. The van der Waals surface area contributed by atoms with Crippen LogP contribution in [0, 0.1) is 12.3 Å². The third-order valence-corrected chi connectivity index (χ3v) is 7.29. The lowest BCUT2D eigenvalue weighted by Gasteiger charge is -2.25. The molecule has 0 saturated heterocycles. The summed E-state index contributed by atoms with van der Waals surface area (Å²) < 4.78 is 18.7. The maximum atomic E-state index is 14.1. The van der Waals surface area contributed by atoms with Gasteiger partial charge in [-0.1, -0.05) is 90.1 Å². The van der Waals surface area contributed by atoms with Crippen molar-refractivity contribution < 1.29 is 19.0 Å². The van der Waals surface area contributed by atoms with Gasteiger partial charge in [-0.3, -0.25) is 9.36 Å². The summed E-state index contributed by atoms with van der Waals surface area (Å²) >= 11 is 1.23. The molecule has 1 aliphatic rings. The van der Waals surface area contributed by atoms with Gasteiger partial charge in [0.15, 0.2) is 16.3 Å². The number of terminal acetylenes is 1. The van der Waals surface area contributed by atoms with Crippen LogP contribution in [0.5, 0.6) is 11.5 Å². The highest BCUT2D eigenvalue weighted by Crippen LogP contribution is 2.35. The van der Waals surface area contributed by atoms with Crippen LogP contribution in [0.1, 0.15) is 29.7 Å². The monoisotopic (exact) mass is 550 g/mol. The van der Waals surface area contributed by atoms with Gasteiger partial charge in [0.05, 0.1) is 35.6 Å². The number of carbonyl (C=O) groups is 1. The lowest BCUT2D eigenvalue weighted by atomic mass is 9.93. The lowest BCUT2D eigenvalue weighted by molar-refractivity contribution is -0.138. The van der Waals surface area contributed by atoms with Gasteiger partial charge in [-0.15, -0.1) is 6.42 Å². The zero-order valence-electron chi connectivity index (χ0n) is 22.0. The van der Waals surface area contributed by atoms with Gasteiger partial charge in [0, 0.05) is 11.1 Å². The number of esters is 1. The largest absolute Gasteiger partial charge is 0.493 e. The number of ether oxygens (including phenoxy) is 3. The fourth-order valence-electron chi connectivity index (χ4n) is 4.61. The molecule has 40 heavy (non-hydrogen) atoms. The van der Waals surface area contributed by atoms with E-state index < -0.39 is 12.0 Å². The van der Waals surface area contributed by atoms with Gasteiger partial charge < -0.3 is 14.2 Å². The molecule has 0 fully saturated rings. The smallest absolute Gasteiger partial charge is 0.338 e. The van der Waals surface area contributed by atoms with Crippen molar-refractivity contribution in [2.75, 3.05) is 20.3 Å². The van der Waals surface area contributed by atoms with Crippen LogP contribution in [0.2, 0.25) is 0 Å². The fraction of sp³-hybridized carbons (Fsp3) is 0.156. The van der Waals surface area contributed by atoms with Crippen molar-refractivity contribution >= 4 is 29.1 Å². The van der Waals surface area contributed by atoms with Crippen LogP contribution in [0.3, 0.4) is 0 Å². The summed E-state index contributed by atoms with van der Waals surface area (Å²) in [6.45, 7) is 1.98. The van der Waals surface area contributed by atoms with Gasteiger partial charge in [-0.05, 0) is 24.6 Å². The Morgan fingerprint density at radius 2 is 1.80 bits per heavy atom. The summed E-state index contributed by atoms with van der Waals surface area (Å²) in [5, 5.41) is 0. The summed E-state index contributed by atoms with van der Waals surface area (Å²) in [6, 6.07) is 23.5. The van der Waals surface area contributed by atoms with Crippen molar-refractivity contribution in [1.29, 1.82) is 0 Å². The highest BCUT2D eigenvalue weighted by Gasteiger charge is 2.35. The summed E-state index contributed by atoms with van der Waals surface area (Å²) in [7, 11) is 1.54. The molecule has 0 N–H and O–H groups in total. The number of aromatic nitrogens is 1. The average molecular weight is 551 g/mol. The highest BCUT2D eigenvalue weighted by atomic mass is 32.1. The average Bonchev–Trinajstić information content (AvgIpc) is 3.30. The van der Waals surface area contributed by atoms with Crippen LogP contribution in [-0.4, -0.2) is 30.9 Å². The molecule has 4 aromatic rings. The Morgan fingerprint density at radius 1 is 1.07 bits per heavy atom. The summed E-state index contributed by atoms with van der Waals surface area (Å²) in [5.41, 5.74) is 2.63. The number of nitrogens with zero attached hydrogens (tertiary/aromatic N) is 2. The van der Waals surface area contributed by atoms with Gasteiger partial charge >= 0.3 is 5.97 Å². The fourth-order valence-corrected chi connectivity index (χ4v) is 5.60. The maximum absolute atomic E-state index is 14.1. The normalized spacial score (nSPS) is 14.6. The SMILES string of the molecule is C#CCOc1c(/C=c2\sc3n(c2=O)[C@H](c2ccccc2)C(C(=O)OCC)=C(c2ccccc2)N=3)cccc1OC. The number of para-hydroxylation sites is 1. The Balaban J connectivity index is 1.80. The van der Waals surface area contributed by atoms with E-state index in [2.05, 4.69) is 5.92 Å². The molecule has 1 aromatic heterocycles. The minimum Gasteiger partial charge on any atom is -0.493 e. The van der Waals surface area contributed by atoms with Crippen molar-refractivity contribution in [3.05, 3.63) is 121 Å². The molecule has 3 aromatic carbocycles. The van der Waals surface area contributed by atoms with Crippen molar-refractivity contribution in [3.63, 3.8) is 0 Å². The Hall–Kier alpha value is -4.87. The quantitative estimate of drug-likeness (QED) is 0.245. The predicted molar refractivity (Wildman–Crippen MR) is 155 cm³/mol. The van der Waals surface area contributed by atoms with E-state index in [1.807, 2.05) is 72.8 Å². The van der Waals surface area contributed by atoms with Gasteiger partial charge in [-0.25, -0.2) is 9.79 Å². The van der Waals surface area contributed by atoms with Crippen molar-refractivity contribution in [2.24, 2.45) is 4.99 Å². The number of hydrogen-bond donors (Lipinski definition) is 0. The number of methoxy groups -OCH3 is 1. The number of hydrogen-bond acceptors (Lipinski definition) is 7. The Labute approximate surface area is 235 Å². The van der Waals surface area contributed by atoms with Crippen LogP contribution >= 0.6 is 11.3 Å². The molecular weight excluding hydrogens is 524 g/mol. The van der Waals surface area contributed by atoms with Crippen LogP contribution in [-0.2, 0) is 9.53 Å². The molecule has 0 saturated carbocycles. The number of rotatable bonds is 8. The molecule has 1 aliphatic heterocycles. The van der Waals surface area contributed by atoms with Crippen molar-refractivity contribution in [3.8, 4) is 23.8 Å². The molecule has 0 spiro atoms. The van der Waals surface area contributed by atoms with E-state index in [1.165, 1.54) is 18.4 Å². The third kappa shape index (κ3) is 5.07. The van der Waals surface area contributed by atoms with Crippen LogP contribution in [0.15, 0.2) is 94.2 Å². The third-order valence-electron chi connectivity index (χ3n) is 6.30.